The Balaban J connectivity index is 0.00000300. The minimum Gasteiger partial charge on any atom is -0.356 e. The number of nitrogens with one attached hydrogen (secondary N) is 2. The van der Waals surface area contributed by atoms with Crippen LogP contribution >= 0.6 is 46.9 Å². The monoisotopic (exact) mass is 544 g/mol. The molecule has 0 aliphatic carbocycles. The topological polar surface area (TPSA) is 67.1 Å². The lowest BCUT2D eigenvalue weighted by molar-refractivity contribution is 0.631. The molecule has 0 bridgehead atoms. The van der Waals surface area contributed by atoms with Crippen molar-refractivity contribution in [2.75, 3.05) is 13.1 Å². The lowest BCUT2D eigenvalue weighted by Gasteiger charge is -2.13. The lowest BCUT2D eigenvalue weighted by atomic mass is 10.2. The van der Waals surface area contributed by atoms with Crippen LogP contribution in [0.2, 0.25) is 5.02 Å². The highest BCUT2D eigenvalue weighted by Crippen LogP contribution is 2.10. The lowest BCUT2D eigenvalue weighted by Crippen LogP contribution is -2.40. The maximum atomic E-state index is 5.96. The summed E-state index contributed by atoms with van der Waals surface area (Å²) in [6.07, 6.45) is 3.62. The summed E-state index contributed by atoms with van der Waals surface area (Å²) in [4.78, 5) is 6.08. The summed E-state index contributed by atoms with van der Waals surface area (Å²) in [5.41, 5.74) is 1.12. The molecule has 6 nitrogen and oxygen atoms in total. The van der Waals surface area contributed by atoms with Crippen LogP contribution in [0.4, 0.5) is 0 Å². The highest BCUT2D eigenvalue weighted by molar-refractivity contribution is 14.0. The van der Waals surface area contributed by atoms with E-state index in [0.29, 0.717) is 6.54 Å². The first-order valence-corrected chi connectivity index (χ1v) is 10.7. The summed E-state index contributed by atoms with van der Waals surface area (Å²) in [5, 5.41) is 17.8. The van der Waals surface area contributed by atoms with E-state index >= 15 is 0 Å². The molecule has 2 aromatic heterocycles. The molecular formula is C20H26ClIN6S. The van der Waals surface area contributed by atoms with E-state index in [1.54, 1.807) is 17.7 Å². The van der Waals surface area contributed by atoms with E-state index in [1.165, 1.54) is 4.88 Å². The van der Waals surface area contributed by atoms with Gasteiger partial charge in [-0.2, -0.15) is 0 Å². The Kier molecular flexibility index (Phi) is 10.4. The predicted molar refractivity (Wildman–Crippen MR) is 131 cm³/mol. The molecule has 0 amide bonds. The molecule has 1 aromatic carbocycles. The van der Waals surface area contributed by atoms with Gasteiger partial charge in [-0.3, -0.25) is 0 Å². The smallest absolute Gasteiger partial charge is 0.191 e. The molecule has 0 unspecified atom stereocenters. The summed E-state index contributed by atoms with van der Waals surface area (Å²) in [6.45, 7) is 5.05. The fourth-order valence-corrected chi connectivity index (χ4v) is 3.56. The third kappa shape index (κ3) is 7.94. The van der Waals surface area contributed by atoms with E-state index in [-0.39, 0.29) is 24.0 Å². The number of hydrogen-bond acceptors (Lipinski definition) is 4. The molecule has 3 rings (SSSR count). The number of aliphatic imine (C=N–C) groups is 1. The largest absolute Gasteiger partial charge is 0.356 e. The Morgan fingerprint density at radius 1 is 1.17 bits per heavy atom. The summed E-state index contributed by atoms with van der Waals surface area (Å²) >= 11 is 7.74. The van der Waals surface area contributed by atoms with Crippen LogP contribution in [0.1, 0.15) is 23.2 Å². The van der Waals surface area contributed by atoms with Crippen molar-refractivity contribution in [3.05, 3.63) is 69.4 Å². The Hall–Kier alpha value is -1.65. The number of hydrogen-bond donors (Lipinski definition) is 2. The summed E-state index contributed by atoms with van der Waals surface area (Å²) in [5.74, 6) is 1.80. The van der Waals surface area contributed by atoms with Gasteiger partial charge in [0.05, 0.1) is 6.54 Å². The van der Waals surface area contributed by atoms with Crippen molar-refractivity contribution in [2.45, 2.75) is 32.9 Å². The Bertz CT molecular complexity index is 863. The molecule has 0 aliphatic heterocycles. The summed E-state index contributed by atoms with van der Waals surface area (Å²) < 4.78 is 2.06. The van der Waals surface area contributed by atoms with Gasteiger partial charge in [0.2, 0.25) is 0 Å². The molecule has 0 atom stereocenters. The number of aromatic nitrogens is 3. The molecule has 29 heavy (non-hydrogen) atoms. The number of nitrogens with zero attached hydrogens (tertiary/aromatic N) is 4. The van der Waals surface area contributed by atoms with Crippen molar-refractivity contribution in [1.29, 1.82) is 0 Å². The molecule has 2 N–H and O–H groups in total. The molecule has 0 radical (unpaired) electrons. The van der Waals surface area contributed by atoms with Gasteiger partial charge in [-0.25, -0.2) is 4.99 Å². The van der Waals surface area contributed by atoms with Gasteiger partial charge < -0.3 is 15.2 Å². The van der Waals surface area contributed by atoms with E-state index in [4.69, 9.17) is 16.6 Å². The van der Waals surface area contributed by atoms with Crippen LogP contribution in [-0.2, 0) is 25.9 Å². The number of benzene rings is 1. The van der Waals surface area contributed by atoms with Crippen molar-refractivity contribution in [2.24, 2.45) is 4.99 Å². The molecule has 156 valence electrons. The number of thiophene rings is 1. The maximum absolute atomic E-state index is 5.96. The average Bonchev–Trinajstić information content (AvgIpc) is 3.38. The zero-order valence-electron chi connectivity index (χ0n) is 16.3. The zero-order chi connectivity index (χ0) is 19.6. The molecule has 9 heteroatoms. The molecule has 0 saturated heterocycles. The highest BCUT2D eigenvalue weighted by atomic mass is 127. The molecule has 0 aliphatic rings. The van der Waals surface area contributed by atoms with Crippen molar-refractivity contribution in [3.63, 3.8) is 0 Å². The van der Waals surface area contributed by atoms with Gasteiger partial charge in [-0.1, -0.05) is 36.7 Å². The molecule has 2 heterocycles. The SMILES string of the molecule is CCc1nncn1CCNC(=NCc1ccc(Cl)cc1)NCCc1cccs1.I. The van der Waals surface area contributed by atoms with Gasteiger partial charge in [0.1, 0.15) is 12.2 Å². The van der Waals surface area contributed by atoms with Crippen molar-refractivity contribution in [3.8, 4) is 0 Å². The fourth-order valence-electron chi connectivity index (χ4n) is 2.73. The van der Waals surface area contributed by atoms with E-state index in [9.17, 15) is 0 Å². The van der Waals surface area contributed by atoms with Gasteiger partial charge in [0.25, 0.3) is 0 Å². The van der Waals surface area contributed by atoms with Gasteiger partial charge in [-0.05, 0) is 35.6 Å². The number of guanidine groups is 1. The van der Waals surface area contributed by atoms with Crippen LogP contribution in [0.25, 0.3) is 0 Å². The van der Waals surface area contributed by atoms with E-state index < -0.39 is 0 Å². The van der Waals surface area contributed by atoms with Gasteiger partial charge in [0, 0.05) is 36.0 Å². The summed E-state index contributed by atoms with van der Waals surface area (Å²) in [6, 6.07) is 12.0. The van der Waals surface area contributed by atoms with Gasteiger partial charge in [0.15, 0.2) is 5.96 Å². The van der Waals surface area contributed by atoms with Crippen molar-refractivity contribution < 1.29 is 0 Å². The van der Waals surface area contributed by atoms with Crippen LogP contribution in [0.15, 0.2) is 53.1 Å². The molecule has 0 spiro atoms. The second-order valence-corrected chi connectivity index (χ2v) is 7.74. The van der Waals surface area contributed by atoms with Crippen molar-refractivity contribution in [1.82, 2.24) is 25.4 Å². The first-order valence-electron chi connectivity index (χ1n) is 9.40. The number of rotatable bonds is 9. The highest BCUT2D eigenvalue weighted by Gasteiger charge is 2.03. The summed E-state index contributed by atoms with van der Waals surface area (Å²) in [7, 11) is 0. The van der Waals surface area contributed by atoms with Crippen LogP contribution < -0.4 is 10.6 Å². The quantitative estimate of drug-likeness (QED) is 0.241. The number of halogens is 2. The number of aryl methyl sites for hydroxylation is 1. The van der Waals surface area contributed by atoms with E-state index in [2.05, 4.69) is 49.8 Å². The molecule has 0 saturated carbocycles. The van der Waals surface area contributed by atoms with Gasteiger partial charge in [-0.15, -0.1) is 45.5 Å². The third-order valence-corrected chi connectivity index (χ3v) is 5.42. The van der Waals surface area contributed by atoms with Crippen LogP contribution in [0.5, 0.6) is 0 Å². The standard InChI is InChI=1S/C20H25ClN6S.HI/c1-2-19-26-25-15-27(19)12-11-23-20(22-10-9-18-4-3-13-28-18)24-14-16-5-7-17(21)8-6-16;/h3-8,13,15H,2,9-12,14H2,1H3,(H2,22,23,24);1H. The normalized spacial score (nSPS) is 11.2. The fraction of sp³-hybridized carbons (Fsp3) is 0.350. The molecule has 0 fully saturated rings. The molecular weight excluding hydrogens is 519 g/mol. The third-order valence-electron chi connectivity index (χ3n) is 4.23. The van der Waals surface area contributed by atoms with E-state index in [1.807, 2.05) is 24.3 Å². The Labute approximate surface area is 197 Å². The maximum Gasteiger partial charge on any atom is 0.191 e. The minimum atomic E-state index is 0. The van der Waals surface area contributed by atoms with Crippen molar-refractivity contribution >= 4 is 52.9 Å². The second kappa shape index (κ2) is 12.8. The second-order valence-electron chi connectivity index (χ2n) is 6.27. The first-order chi connectivity index (χ1) is 13.7. The zero-order valence-corrected chi connectivity index (χ0v) is 20.2. The molecule has 3 aromatic rings. The van der Waals surface area contributed by atoms with Crippen LogP contribution in [-0.4, -0.2) is 33.8 Å². The minimum absolute atomic E-state index is 0. The van der Waals surface area contributed by atoms with E-state index in [0.717, 1.165) is 54.8 Å². The first kappa shape index (κ1) is 23.6. The van der Waals surface area contributed by atoms with Crippen LogP contribution in [0.3, 0.4) is 0 Å². The van der Waals surface area contributed by atoms with Gasteiger partial charge >= 0.3 is 0 Å². The average molecular weight is 545 g/mol. The predicted octanol–water partition coefficient (Wildman–Crippen LogP) is 4.15. The Morgan fingerprint density at radius 3 is 2.69 bits per heavy atom. The Morgan fingerprint density at radius 2 is 1.97 bits per heavy atom. The van der Waals surface area contributed by atoms with Crippen LogP contribution in [0, 0.1) is 0 Å².